The average molecular weight is 324 g/mol. The van der Waals surface area contributed by atoms with Gasteiger partial charge in [-0.3, -0.25) is 0 Å². The quantitative estimate of drug-likeness (QED) is 0.824. The van der Waals surface area contributed by atoms with Crippen LogP contribution in [0.2, 0.25) is 5.02 Å². The van der Waals surface area contributed by atoms with Crippen LogP contribution >= 0.6 is 23.4 Å². The molecule has 1 atom stereocenters. The number of halogens is 1. The highest BCUT2D eigenvalue weighted by Crippen LogP contribution is 2.28. The molecule has 0 aliphatic carbocycles. The molecular weight excluding hydrogens is 306 g/mol. The minimum absolute atomic E-state index is 0.679. The summed E-state index contributed by atoms with van der Waals surface area (Å²) in [4.78, 5) is 5.50. The fraction of sp³-hybridized carbons (Fsp3) is 0.467. The Kier molecular flexibility index (Phi) is 5.17. The van der Waals surface area contributed by atoms with E-state index >= 15 is 0 Å². The van der Waals surface area contributed by atoms with Crippen LogP contribution in [0.5, 0.6) is 0 Å². The lowest BCUT2D eigenvalue weighted by atomic mass is 10.0. The van der Waals surface area contributed by atoms with Gasteiger partial charge in [0.2, 0.25) is 5.89 Å². The van der Waals surface area contributed by atoms with Gasteiger partial charge < -0.3 is 9.84 Å². The molecule has 21 heavy (non-hydrogen) atoms. The van der Waals surface area contributed by atoms with Gasteiger partial charge in [-0.1, -0.05) is 28.9 Å². The van der Waals surface area contributed by atoms with Gasteiger partial charge in [-0.15, -0.1) is 11.8 Å². The predicted molar refractivity (Wildman–Crippen MR) is 84.6 cm³/mol. The predicted octanol–water partition coefficient (Wildman–Crippen LogP) is 3.56. The van der Waals surface area contributed by atoms with Gasteiger partial charge in [-0.25, -0.2) is 0 Å². The Labute approximate surface area is 133 Å². The monoisotopic (exact) mass is 323 g/mol. The second-order valence-electron chi connectivity index (χ2n) is 5.22. The molecule has 0 spiro atoms. The molecule has 3 rings (SSSR count). The first-order valence-electron chi connectivity index (χ1n) is 7.21. The molecule has 0 radical (unpaired) electrons. The van der Waals surface area contributed by atoms with Gasteiger partial charge in [-0.2, -0.15) is 4.98 Å². The zero-order chi connectivity index (χ0) is 14.5. The van der Waals surface area contributed by atoms with Crippen LogP contribution in [-0.4, -0.2) is 23.2 Å². The first kappa shape index (κ1) is 14.9. The van der Waals surface area contributed by atoms with E-state index in [0.29, 0.717) is 5.75 Å². The van der Waals surface area contributed by atoms with Gasteiger partial charge in [0.05, 0.1) is 10.8 Å². The number of benzene rings is 1. The zero-order valence-electron chi connectivity index (χ0n) is 11.7. The summed E-state index contributed by atoms with van der Waals surface area (Å²) in [6, 6.07) is 7.80. The Balaban J connectivity index is 1.49. The lowest BCUT2D eigenvalue weighted by Crippen LogP contribution is -2.09. The van der Waals surface area contributed by atoms with Crippen molar-refractivity contribution in [3.63, 3.8) is 0 Å². The third kappa shape index (κ3) is 4.22. The van der Waals surface area contributed by atoms with Crippen molar-refractivity contribution < 1.29 is 4.52 Å². The van der Waals surface area contributed by atoms with Crippen molar-refractivity contribution >= 4 is 23.4 Å². The van der Waals surface area contributed by atoms with E-state index in [4.69, 9.17) is 16.1 Å². The molecule has 2 heterocycles. The molecule has 112 valence electrons. The van der Waals surface area contributed by atoms with Crippen molar-refractivity contribution in [2.45, 2.75) is 29.9 Å². The van der Waals surface area contributed by atoms with Gasteiger partial charge in [0.15, 0.2) is 5.82 Å². The largest absolute Gasteiger partial charge is 0.339 e. The molecule has 1 aromatic heterocycles. The summed E-state index contributed by atoms with van der Waals surface area (Å²) >= 11 is 7.76. The lowest BCUT2D eigenvalue weighted by Gasteiger charge is -2.04. The van der Waals surface area contributed by atoms with Crippen LogP contribution in [0.15, 0.2) is 33.7 Å². The maximum atomic E-state index is 6.13. The number of hydrogen-bond acceptors (Lipinski definition) is 5. The summed E-state index contributed by atoms with van der Waals surface area (Å²) in [5.41, 5.74) is 0. The highest BCUT2D eigenvalue weighted by molar-refractivity contribution is 7.98. The molecule has 1 aliphatic heterocycles. The fourth-order valence-corrected chi connectivity index (χ4v) is 3.52. The van der Waals surface area contributed by atoms with Gasteiger partial charge >= 0.3 is 0 Å². The summed E-state index contributed by atoms with van der Waals surface area (Å²) in [7, 11) is 0. The van der Waals surface area contributed by atoms with Crippen LogP contribution in [-0.2, 0) is 12.2 Å². The van der Waals surface area contributed by atoms with E-state index < -0.39 is 0 Å². The van der Waals surface area contributed by atoms with Crippen molar-refractivity contribution in [1.82, 2.24) is 15.5 Å². The first-order chi connectivity index (χ1) is 10.3. The van der Waals surface area contributed by atoms with E-state index in [1.807, 2.05) is 24.3 Å². The van der Waals surface area contributed by atoms with E-state index in [-0.39, 0.29) is 0 Å². The molecule has 1 fully saturated rings. The highest BCUT2D eigenvalue weighted by atomic mass is 35.5. The zero-order valence-corrected chi connectivity index (χ0v) is 13.3. The summed E-state index contributed by atoms with van der Waals surface area (Å²) in [5, 5.41) is 8.18. The first-order valence-corrected chi connectivity index (χ1v) is 8.57. The molecule has 0 saturated carbocycles. The standard InChI is InChI=1S/C15H18ClN3OS/c16-12-3-1-2-4-13(12)21-10-14-18-15(20-19-14)6-5-11-7-8-17-9-11/h1-4,11,17H,5-10H2. The second-order valence-corrected chi connectivity index (χ2v) is 6.65. The maximum absolute atomic E-state index is 6.13. The number of aromatic nitrogens is 2. The minimum Gasteiger partial charge on any atom is -0.339 e. The van der Waals surface area contributed by atoms with Gasteiger partial charge in [0.1, 0.15) is 0 Å². The number of nitrogens with one attached hydrogen (secondary N) is 1. The Bertz CT molecular complexity index is 584. The van der Waals surface area contributed by atoms with Gasteiger partial charge in [0.25, 0.3) is 0 Å². The van der Waals surface area contributed by atoms with Crippen LogP contribution < -0.4 is 5.32 Å². The van der Waals surface area contributed by atoms with Crippen LogP contribution in [0.25, 0.3) is 0 Å². The molecule has 1 saturated heterocycles. The Morgan fingerprint density at radius 2 is 2.29 bits per heavy atom. The van der Waals surface area contributed by atoms with E-state index in [1.165, 1.54) is 6.42 Å². The summed E-state index contributed by atoms with van der Waals surface area (Å²) in [6.45, 7) is 2.25. The topological polar surface area (TPSA) is 51.0 Å². The molecular formula is C15H18ClN3OS. The molecule has 4 nitrogen and oxygen atoms in total. The highest BCUT2D eigenvalue weighted by Gasteiger charge is 2.16. The van der Waals surface area contributed by atoms with Gasteiger partial charge in [-0.05, 0) is 44.0 Å². The summed E-state index contributed by atoms with van der Waals surface area (Å²) < 4.78 is 5.32. The van der Waals surface area contributed by atoms with Gasteiger partial charge in [0, 0.05) is 11.3 Å². The van der Waals surface area contributed by atoms with Crippen molar-refractivity contribution in [3.05, 3.63) is 41.0 Å². The SMILES string of the molecule is Clc1ccccc1SCc1noc(CCC2CCNC2)n1. The van der Waals surface area contributed by atoms with E-state index in [1.54, 1.807) is 11.8 Å². The minimum atomic E-state index is 0.679. The fourth-order valence-electron chi connectivity index (χ4n) is 2.44. The molecule has 1 unspecified atom stereocenters. The summed E-state index contributed by atoms with van der Waals surface area (Å²) in [6.07, 6.45) is 3.24. The molecule has 2 aromatic rings. The Morgan fingerprint density at radius 1 is 1.38 bits per heavy atom. The Hall–Kier alpha value is -1.04. The molecule has 1 N–H and O–H groups in total. The van der Waals surface area contributed by atoms with Crippen LogP contribution in [0, 0.1) is 5.92 Å². The molecule has 1 aromatic carbocycles. The molecule has 0 bridgehead atoms. The number of hydrogen-bond donors (Lipinski definition) is 1. The average Bonchev–Trinajstić information content (AvgIpc) is 3.16. The Morgan fingerprint density at radius 3 is 3.10 bits per heavy atom. The van der Waals surface area contributed by atoms with Crippen molar-refractivity contribution in [3.8, 4) is 0 Å². The van der Waals surface area contributed by atoms with Crippen LogP contribution in [0.3, 0.4) is 0 Å². The van der Waals surface area contributed by atoms with E-state index in [0.717, 1.165) is 53.5 Å². The van der Waals surface area contributed by atoms with E-state index in [9.17, 15) is 0 Å². The smallest absolute Gasteiger partial charge is 0.226 e. The van der Waals surface area contributed by atoms with E-state index in [2.05, 4.69) is 15.5 Å². The number of aryl methyl sites for hydroxylation is 1. The number of nitrogens with zero attached hydrogens (tertiary/aromatic N) is 2. The van der Waals surface area contributed by atoms with Crippen LogP contribution in [0.4, 0.5) is 0 Å². The van der Waals surface area contributed by atoms with Crippen molar-refractivity contribution in [2.24, 2.45) is 5.92 Å². The van der Waals surface area contributed by atoms with Crippen molar-refractivity contribution in [1.29, 1.82) is 0 Å². The third-order valence-corrected chi connectivity index (χ3v) is 5.14. The van der Waals surface area contributed by atoms with Crippen LogP contribution in [0.1, 0.15) is 24.6 Å². The molecule has 0 amide bonds. The third-order valence-electron chi connectivity index (χ3n) is 3.63. The normalized spacial score (nSPS) is 18.2. The molecule has 1 aliphatic rings. The van der Waals surface area contributed by atoms with Crippen molar-refractivity contribution in [2.75, 3.05) is 13.1 Å². The number of thioether (sulfide) groups is 1. The second kappa shape index (κ2) is 7.29. The number of rotatable bonds is 6. The maximum Gasteiger partial charge on any atom is 0.226 e. The molecule has 6 heteroatoms. The summed E-state index contributed by atoms with van der Waals surface area (Å²) in [5.74, 6) is 2.91. The lowest BCUT2D eigenvalue weighted by molar-refractivity contribution is 0.361.